The minimum Gasteiger partial charge on any atom is -0.361 e. The number of hydrogen-bond donors (Lipinski definition) is 2. The van der Waals surface area contributed by atoms with Gasteiger partial charge in [0.25, 0.3) is 0 Å². The molecule has 2 N–H and O–H groups in total. The van der Waals surface area contributed by atoms with Gasteiger partial charge in [0.1, 0.15) is 5.82 Å². The van der Waals surface area contributed by atoms with Gasteiger partial charge in [-0.25, -0.2) is 4.39 Å². The van der Waals surface area contributed by atoms with Gasteiger partial charge >= 0.3 is 0 Å². The molecule has 1 heterocycles. The van der Waals surface area contributed by atoms with Gasteiger partial charge in [-0.3, -0.25) is 9.59 Å². The first kappa shape index (κ1) is 16.9. The number of fused-ring (bicyclic) bond motifs is 1. The summed E-state index contributed by atoms with van der Waals surface area (Å²) >= 11 is 0. The van der Waals surface area contributed by atoms with Crippen LogP contribution in [0.15, 0.2) is 54.7 Å². The van der Waals surface area contributed by atoms with Crippen LogP contribution in [-0.2, 0) is 11.2 Å². The summed E-state index contributed by atoms with van der Waals surface area (Å²) in [7, 11) is 0. The van der Waals surface area contributed by atoms with Gasteiger partial charge in [-0.2, -0.15) is 0 Å². The monoisotopic (exact) mass is 338 g/mol. The first-order chi connectivity index (χ1) is 12.1. The smallest absolute Gasteiger partial charge is 0.220 e. The fraction of sp³-hybridized carbons (Fsp3) is 0.200. The van der Waals surface area contributed by atoms with Gasteiger partial charge in [0.2, 0.25) is 5.91 Å². The van der Waals surface area contributed by atoms with Gasteiger partial charge in [-0.15, -0.1) is 0 Å². The highest BCUT2D eigenvalue weighted by molar-refractivity contribution is 5.98. The lowest BCUT2D eigenvalue weighted by Crippen LogP contribution is -2.26. The molecule has 2 aromatic carbocycles. The van der Waals surface area contributed by atoms with Crippen molar-refractivity contribution in [3.8, 4) is 0 Å². The molecule has 25 heavy (non-hydrogen) atoms. The second-order valence-corrected chi connectivity index (χ2v) is 5.86. The number of Topliss-reactive ketones (excluding diaryl/α,β-unsaturated/α-hetero) is 1. The van der Waals surface area contributed by atoms with E-state index in [-0.39, 0.29) is 30.1 Å². The first-order valence-electron chi connectivity index (χ1n) is 8.24. The minimum absolute atomic E-state index is 0.000147. The maximum atomic E-state index is 13.5. The van der Waals surface area contributed by atoms with Gasteiger partial charge in [0.15, 0.2) is 5.78 Å². The number of hydrogen-bond acceptors (Lipinski definition) is 2. The molecule has 5 heteroatoms. The van der Waals surface area contributed by atoms with E-state index in [1.54, 1.807) is 6.07 Å². The van der Waals surface area contributed by atoms with Gasteiger partial charge in [0, 0.05) is 36.5 Å². The zero-order valence-corrected chi connectivity index (χ0v) is 13.7. The molecule has 128 valence electrons. The van der Waals surface area contributed by atoms with Crippen LogP contribution in [0.4, 0.5) is 4.39 Å². The van der Waals surface area contributed by atoms with Crippen LogP contribution in [0.2, 0.25) is 0 Å². The molecular weight excluding hydrogens is 319 g/mol. The SMILES string of the molecule is O=C(CCC(=O)c1ccccc1F)NCCc1c[nH]c2ccccc12. The molecule has 1 aromatic heterocycles. The fourth-order valence-electron chi connectivity index (χ4n) is 2.81. The van der Waals surface area contributed by atoms with Crippen molar-refractivity contribution < 1.29 is 14.0 Å². The summed E-state index contributed by atoms with van der Waals surface area (Å²) < 4.78 is 13.5. The van der Waals surface area contributed by atoms with Gasteiger partial charge in [-0.05, 0) is 30.2 Å². The number of nitrogens with one attached hydrogen (secondary N) is 2. The molecule has 0 atom stereocenters. The highest BCUT2D eigenvalue weighted by atomic mass is 19.1. The van der Waals surface area contributed by atoms with E-state index in [9.17, 15) is 14.0 Å². The second kappa shape index (κ2) is 7.75. The molecule has 0 saturated carbocycles. The average Bonchev–Trinajstić information content (AvgIpc) is 3.03. The number of amides is 1. The summed E-state index contributed by atoms with van der Waals surface area (Å²) in [5.41, 5.74) is 2.24. The molecule has 3 rings (SSSR count). The number of halogens is 1. The zero-order chi connectivity index (χ0) is 17.6. The van der Waals surface area contributed by atoms with Crippen LogP contribution in [-0.4, -0.2) is 23.2 Å². The molecule has 0 saturated heterocycles. The van der Waals surface area contributed by atoms with Crippen molar-refractivity contribution in [2.45, 2.75) is 19.3 Å². The van der Waals surface area contributed by atoms with Crippen LogP contribution in [0.1, 0.15) is 28.8 Å². The van der Waals surface area contributed by atoms with E-state index in [2.05, 4.69) is 10.3 Å². The maximum Gasteiger partial charge on any atom is 0.220 e. The fourth-order valence-corrected chi connectivity index (χ4v) is 2.81. The third-order valence-corrected chi connectivity index (χ3v) is 4.14. The Labute approximate surface area is 145 Å². The van der Waals surface area contributed by atoms with Gasteiger partial charge < -0.3 is 10.3 Å². The number of H-pyrrole nitrogens is 1. The Hall–Kier alpha value is -2.95. The minimum atomic E-state index is -0.549. The summed E-state index contributed by atoms with van der Waals surface area (Å²) in [6.07, 6.45) is 2.70. The topological polar surface area (TPSA) is 62.0 Å². The summed E-state index contributed by atoms with van der Waals surface area (Å²) in [5, 5.41) is 3.95. The molecule has 3 aromatic rings. The van der Waals surface area contributed by atoms with Crippen molar-refractivity contribution >= 4 is 22.6 Å². The molecule has 0 aliphatic carbocycles. The maximum absolute atomic E-state index is 13.5. The van der Waals surface area contributed by atoms with E-state index in [1.165, 1.54) is 18.2 Å². The van der Waals surface area contributed by atoms with E-state index in [1.807, 2.05) is 30.5 Å². The van der Waals surface area contributed by atoms with Crippen molar-refractivity contribution in [1.82, 2.24) is 10.3 Å². The quantitative estimate of drug-likeness (QED) is 0.646. The van der Waals surface area contributed by atoms with Crippen molar-refractivity contribution in [3.05, 3.63) is 71.7 Å². The Kier molecular flexibility index (Phi) is 5.23. The third-order valence-electron chi connectivity index (χ3n) is 4.14. The van der Waals surface area contributed by atoms with Crippen LogP contribution in [0, 0.1) is 5.82 Å². The molecule has 0 unspecified atom stereocenters. The van der Waals surface area contributed by atoms with E-state index in [4.69, 9.17) is 0 Å². The Balaban J connectivity index is 1.45. The third kappa shape index (κ3) is 4.12. The van der Waals surface area contributed by atoms with Crippen molar-refractivity contribution in [3.63, 3.8) is 0 Å². The zero-order valence-electron chi connectivity index (χ0n) is 13.7. The largest absolute Gasteiger partial charge is 0.361 e. The lowest BCUT2D eigenvalue weighted by molar-refractivity contribution is -0.121. The molecule has 0 spiro atoms. The van der Waals surface area contributed by atoms with Crippen LogP contribution >= 0.6 is 0 Å². The lowest BCUT2D eigenvalue weighted by atomic mass is 10.1. The summed E-state index contributed by atoms with van der Waals surface area (Å²) in [4.78, 5) is 27.0. The lowest BCUT2D eigenvalue weighted by Gasteiger charge is -2.05. The standard InChI is InChI=1S/C20H19FN2O2/c21-17-7-3-1-6-16(17)19(24)9-10-20(25)22-12-11-14-13-23-18-8-4-2-5-15(14)18/h1-8,13,23H,9-12H2,(H,22,25). The van der Waals surface area contributed by atoms with Crippen LogP contribution < -0.4 is 5.32 Å². The van der Waals surface area contributed by atoms with Crippen LogP contribution in [0.3, 0.4) is 0 Å². The predicted molar refractivity (Wildman–Crippen MR) is 95.0 cm³/mol. The predicted octanol–water partition coefficient (Wildman–Crippen LogP) is 3.63. The average molecular weight is 338 g/mol. The number of rotatable bonds is 7. The number of benzene rings is 2. The van der Waals surface area contributed by atoms with Gasteiger partial charge in [-0.1, -0.05) is 30.3 Å². The number of ketones is 1. The molecule has 0 radical (unpaired) electrons. The first-order valence-corrected chi connectivity index (χ1v) is 8.24. The Bertz CT molecular complexity index is 901. The number of aromatic amines is 1. The number of aromatic nitrogens is 1. The van der Waals surface area contributed by atoms with Crippen LogP contribution in [0.25, 0.3) is 10.9 Å². The molecule has 0 fully saturated rings. The molecule has 0 aliphatic heterocycles. The summed E-state index contributed by atoms with van der Waals surface area (Å²) in [5.74, 6) is -1.11. The van der Waals surface area contributed by atoms with E-state index < -0.39 is 5.82 Å². The van der Waals surface area contributed by atoms with E-state index in [0.717, 1.165) is 16.5 Å². The number of para-hydroxylation sites is 1. The van der Waals surface area contributed by atoms with Crippen molar-refractivity contribution in [1.29, 1.82) is 0 Å². The van der Waals surface area contributed by atoms with Gasteiger partial charge in [0.05, 0.1) is 5.56 Å². The number of carbonyl (C=O) groups excluding carboxylic acids is 2. The highest BCUT2D eigenvalue weighted by Gasteiger charge is 2.13. The van der Waals surface area contributed by atoms with E-state index >= 15 is 0 Å². The Morgan fingerprint density at radius 2 is 1.76 bits per heavy atom. The Morgan fingerprint density at radius 1 is 1.00 bits per heavy atom. The summed E-state index contributed by atoms with van der Waals surface area (Å²) in [6.45, 7) is 0.495. The Morgan fingerprint density at radius 3 is 2.60 bits per heavy atom. The van der Waals surface area contributed by atoms with Crippen molar-refractivity contribution in [2.75, 3.05) is 6.54 Å². The van der Waals surface area contributed by atoms with Crippen molar-refractivity contribution in [2.24, 2.45) is 0 Å². The number of carbonyl (C=O) groups is 2. The normalized spacial score (nSPS) is 10.8. The second-order valence-electron chi connectivity index (χ2n) is 5.86. The molecule has 1 amide bonds. The molecule has 0 aliphatic rings. The molecular formula is C20H19FN2O2. The highest BCUT2D eigenvalue weighted by Crippen LogP contribution is 2.17. The van der Waals surface area contributed by atoms with E-state index in [0.29, 0.717) is 13.0 Å². The molecule has 0 bridgehead atoms. The summed E-state index contributed by atoms with van der Waals surface area (Å²) in [6, 6.07) is 13.8. The van der Waals surface area contributed by atoms with Crippen LogP contribution in [0.5, 0.6) is 0 Å². The molecule has 4 nitrogen and oxygen atoms in total.